The molecule has 2 atom stereocenters. The molecule has 0 aliphatic heterocycles. The van der Waals surface area contributed by atoms with Crippen molar-refractivity contribution < 1.29 is 23.0 Å². The molecule has 2 N–H and O–H groups in total. The molecule has 1 rings (SSSR count). The van der Waals surface area contributed by atoms with Crippen molar-refractivity contribution in [3.63, 3.8) is 0 Å². The van der Waals surface area contributed by atoms with Crippen LogP contribution in [0.2, 0.25) is 0 Å². The summed E-state index contributed by atoms with van der Waals surface area (Å²) in [6, 6.07) is 5.06. The largest absolute Gasteiger partial charge is 0.416 e. The smallest absolute Gasteiger partial charge is 0.391 e. The Kier molecular flexibility index (Phi) is 6.45. The third-order valence-corrected chi connectivity index (χ3v) is 3.02. The zero-order chi connectivity index (χ0) is 15.2. The van der Waals surface area contributed by atoms with Gasteiger partial charge in [0.25, 0.3) is 0 Å². The van der Waals surface area contributed by atoms with E-state index in [2.05, 4.69) is 5.32 Å². The Morgan fingerprint density at radius 1 is 1.30 bits per heavy atom. The fourth-order valence-corrected chi connectivity index (χ4v) is 1.98. The van der Waals surface area contributed by atoms with Crippen molar-refractivity contribution in [2.24, 2.45) is 0 Å². The number of ether oxygens (including phenoxy) is 1. The molecule has 3 nitrogen and oxygen atoms in total. The first-order valence-electron chi connectivity index (χ1n) is 6.42. The van der Waals surface area contributed by atoms with Crippen LogP contribution in [-0.4, -0.2) is 31.5 Å². The molecule has 6 heteroatoms. The molecule has 0 spiro atoms. The van der Waals surface area contributed by atoms with E-state index in [9.17, 15) is 18.3 Å². The van der Waals surface area contributed by atoms with Gasteiger partial charge in [0.1, 0.15) is 0 Å². The summed E-state index contributed by atoms with van der Waals surface area (Å²) in [6.45, 7) is 2.31. The molecule has 20 heavy (non-hydrogen) atoms. The van der Waals surface area contributed by atoms with Crippen LogP contribution in [0.25, 0.3) is 0 Å². The van der Waals surface area contributed by atoms with Crippen molar-refractivity contribution in [2.75, 3.05) is 20.3 Å². The number of hydrogen-bond donors (Lipinski definition) is 2. The second kappa shape index (κ2) is 7.61. The number of methoxy groups -OCH3 is 1. The molecule has 0 saturated carbocycles. The Balaban J connectivity index is 2.62. The highest BCUT2D eigenvalue weighted by molar-refractivity contribution is 5.31. The van der Waals surface area contributed by atoms with E-state index in [-0.39, 0.29) is 12.2 Å². The van der Waals surface area contributed by atoms with Crippen LogP contribution in [0.5, 0.6) is 0 Å². The predicted molar refractivity (Wildman–Crippen MR) is 70.4 cm³/mol. The summed E-state index contributed by atoms with van der Waals surface area (Å²) in [5.41, 5.74) is -0.418. The van der Waals surface area contributed by atoms with E-state index in [0.29, 0.717) is 13.0 Å². The Morgan fingerprint density at radius 3 is 2.55 bits per heavy atom. The summed E-state index contributed by atoms with van der Waals surface area (Å²) in [4.78, 5) is 0. The van der Waals surface area contributed by atoms with Gasteiger partial charge in [-0.3, -0.25) is 0 Å². The second-order valence-corrected chi connectivity index (χ2v) is 4.66. The minimum absolute atomic E-state index is 0.209. The second-order valence-electron chi connectivity index (χ2n) is 4.66. The lowest BCUT2D eigenvalue weighted by Crippen LogP contribution is -2.26. The van der Waals surface area contributed by atoms with Crippen LogP contribution in [0, 0.1) is 0 Å². The molecule has 0 aromatic heterocycles. The van der Waals surface area contributed by atoms with Gasteiger partial charge < -0.3 is 15.2 Å². The zero-order valence-corrected chi connectivity index (χ0v) is 11.6. The molecular formula is C14H20F3NO2. The van der Waals surface area contributed by atoms with Gasteiger partial charge in [0, 0.05) is 13.2 Å². The molecule has 0 fully saturated rings. The lowest BCUT2D eigenvalue weighted by atomic mass is 10.0. The Labute approximate surface area is 116 Å². The fraction of sp³-hybridized carbons (Fsp3) is 0.571. The first-order valence-corrected chi connectivity index (χ1v) is 6.42. The number of aliphatic hydroxyl groups is 1. The molecule has 0 saturated heterocycles. The molecule has 0 bridgehead atoms. The highest BCUT2D eigenvalue weighted by Gasteiger charge is 2.33. The predicted octanol–water partition coefficient (Wildman–Crippen LogP) is 2.75. The molecule has 0 heterocycles. The van der Waals surface area contributed by atoms with Gasteiger partial charge in [-0.1, -0.05) is 18.2 Å². The van der Waals surface area contributed by atoms with E-state index in [1.54, 1.807) is 13.0 Å². The summed E-state index contributed by atoms with van der Waals surface area (Å²) < 4.78 is 43.4. The monoisotopic (exact) mass is 291 g/mol. The number of halogens is 3. The molecule has 114 valence electrons. The Bertz CT molecular complexity index is 410. The van der Waals surface area contributed by atoms with E-state index in [0.717, 1.165) is 6.07 Å². The lowest BCUT2D eigenvalue weighted by molar-refractivity contribution is -0.138. The minimum Gasteiger partial charge on any atom is -0.391 e. The first kappa shape index (κ1) is 16.9. The minimum atomic E-state index is -4.36. The molecule has 1 aromatic carbocycles. The Hall–Kier alpha value is -1.11. The number of aliphatic hydroxyl groups excluding tert-OH is 1. The number of alkyl halides is 3. The molecule has 0 aliphatic carbocycles. The number of hydrogen-bond acceptors (Lipinski definition) is 3. The van der Waals surface area contributed by atoms with Crippen molar-refractivity contribution in [1.82, 2.24) is 5.32 Å². The van der Waals surface area contributed by atoms with Gasteiger partial charge in [0.2, 0.25) is 0 Å². The first-order chi connectivity index (χ1) is 9.36. The molecule has 0 aliphatic rings. The summed E-state index contributed by atoms with van der Waals surface area (Å²) in [5, 5.41) is 12.5. The summed E-state index contributed by atoms with van der Waals surface area (Å²) in [5.74, 6) is 0. The van der Waals surface area contributed by atoms with E-state index >= 15 is 0 Å². The van der Waals surface area contributed by atoms with Crippen LogP contribution in [0.1, 0.15) is 30.5 Å². The number of rotatable bonds is 7. The Morgan fingerprint density at radius 2 is 1.95 bits per heavy atom. The highest BCUT2D eigenvalue weighted by Crippen LogP contribution is 2.34. The maximum atomic E-state index is 12.9. The summed E-state index contributed by atoms with van der Waals surface area (Å²) in [6.07, 6.45) is -4.55. The molecular weight excluding hydrogens is 271 g/mol. The van der Waals surface area contributed by atoms with E-state index in [4.69, 9.17) is 4.74 Å². The van der Waals surface area contributed by atoms with E-state index in [1.807, 2.05) is 0 Å². The van der Waals surface area contributed by atoms with Crippen LogP contribution in [0.4, 0.5) is 13.2 Å². The quantitative estimate of drug-likeness (QED) is 0.811. The summed E-state index contributed by atoms with van der Waals surface area (Å²) >= 11 is 0. The van der Waals surface area contributed by atoms with Crippen LogP contribution < -0.4 is 5.32 Å². The third kappa shape index (κ3) is 5.11. The SMILES string of the molecule is COCC(O)CCNC(C)c1ccccc1C(F)(F)F. The lowest BCUT2D eigenvalue weighted by Gasteiger charge is -2.20. The average molecular weight is 291 g/mol. The standard InChI is InChI=1S/C14H20F3NO2/c1-10(18-8-7-11(19)9-20-2)12-5-3-4-6-13(12)14(15,16)17/h3-6,10-11,18-19H,7-9H2,1-2H3. The van der Waals surface area contributed by atoms with Gasteiger partial charge in [-0.25, -0.2) is 0 Å². The summed E-state index contributed by atoms with van der Waals surface area (Å²) in [7, 11) is 1.48. The highest BCUT2D eigenvalue weighted by atomic mass is 19.4. The zero-order valence-electron chi connectivity index (χ0n) is 11.6. The van der Waals surface area contributed by atoms with Gasteiger partial charge >= 0.3 is 6.18 Å². The normalized spacial score (nSPS) is 15.1. The third-order valence-electron chi connectivity index (χ3n) is 3.02. The molecule has 2 unspecified atom stereocenters. The van der Waals surface area contributed by atoms with Gasteiger partial charge in [-0.15, -0.1) is 0 Å². The van der Waals surface area contributed by atoms with Crippen LogP contribution in [-0.2, 0) is 10.9 Å². The number of benzene rings is 1. The fourth-order valence-electron chi connectivity index (χ4n) is 1.98. The van der Waals surface area contributed by atoms with Gasteiger partial charge in [-0.2, -0.15) is 13.2 Å². The van der Waals surface area contributed by atoms with Crippen LogP contribution in [0.3, 0.4) is 0 Å². The van der Waals surface area contributed by atoms with Gasteiger partial charge in [0.15, 0.2) is 0 Å². The van der Waals surface area contributed by atoms with Crippen molar-refractivity contribution in [3.8, 4) is 0 Å². The average Bonchev–Trinajstić information content (AvgIpc) is 2.38. The maximum Gasteiger partial charge on any atom is 0.416 e. The van der Waals surface area contributed by atoms with Gasteiger partial charge in [-0.05, 0) is 31.5 Å². The van der Waals surface area contributed by atoms with Gasteiger partial charge in [0.05, 0.1) is 18.3 Å². The maximum absolute atomic E-state index is 12.9. The van der Waals surface area contributed by atoms with Crippen LogP contribution in [0.15, 0.2) is 24.3 Å². The van der Waals surface area contributed by atoms with Crippen molar-refractivity contribution in [1.29, 1.82) is 0 Å². The van der Waals surface area contributed by atoms with E-state index in [1.165, 1.54) is 19.2 Å². The van der Waals surface area contributed by atoms with Crippen LogP contribution >= 0.6 is 0 Å². The van der Waals surface area contributed by atoms with Crippen molar-refractivity contribution in [3.05, 3.63) is 35.4 Å². The number of nitrogens with one attached hydrogen (secondary N) is 1. The van der Waals surface area contributed by atoms with Crippen molar-refractivity contribution >= 4 is 0 Å². The topological polar surface area (TPSA) is 41.5 Å². The van der Waals surface area contributed by atoms with E-state index < -0.39 is 23.9 Å². The van der Waals surface area contributed by atoms with Crippen molar-refractivity contribution in [2.45, 2.75) is 31.7 Å². The molecule has 0 radical (unpaired) electrons. The molecule has 0 amide bonds. The molecule has 1 aromatic rings.